The van der Waals surface area contributed by atoms with Crippen molar-refractivity contribution in [3.8, 4) is 0 Å². The second kappa shape index (κ2) is 6.20. The monoisotopic (exact) mass is 361 g/mol. The molecular formula is C16H16BrN3S. The molecule has 0 unspecified atom stereocenters. The topological polar surface area (TPSA) is 30.7 Å². The predicted molar refractivity (Wildman–Crippen MR) is 92.1 cm³/mol. The maximum absolute atomic E-state index is 4.37. The van der Waals surface area contributed by atoms with Gasteiger partial charge >= 0.3 is 0 Å². The molecule has 0 spiro atoms. The minimum absolute atomic E-state index is 0.578. The number of hydrogen-bond acceptors (Lipinski definition) is 3. The largest absolute Gasteiger partial charge is 0.268 e. The summed E-state index contributed by atoms with van der Waals surface area (Å²) in [6.45, 7) is 4.18. The molecule has 5 heteroatoms. The average Bonchev–Trinajstić information content (AvgIpc) is 3.24. The summed E-state index contributed by atoms with van der Waals surface area (Å²) in [5.41, 5.74) is 3.49. The highest BCUT2D eigenvalue weighted by molar-refractivity contribution is 9.10. The van der Waals surface area contributed by atoms with Crippen molar-refractivity contribution in [2.75, 3.05) is 0 Å². The third kappa shape index (κ3) is 3.30. The molecule has 3 nitrogen and oxygen atoms in total. The minimum Gasteiger partial charge on any atom is -0.268 e. The molecule has 0 bridgehead atoms. The summed E-state index contributed by atoms with van der Waals surface area (Å²) in [7, 11) is 0. The fraction of sp³-hybridized carbons (Fsp3) is 0.250. The summed E-state index contributed by atoms with van der Waals surface area (Å²) in [6.07, 6.45) is 15.9. The third-order valence-corrected chi connectivity index (χ3v) is 4.41. The van der Waals surface area contributed by atoms with Crippen LogP contribution in [0.5, 0.6) is 0 Å². The second-order valence-electron chi connectivity index (χ2n) is 5.18. The van der Waals surface area contributed by atoms with E-state index < -0.39 is 0 Å². The van der Waals surface area contributed by atoms with Gasteiger partial charge in [0.15, 0.2) is 5.16 Å². The highest BCUT2D eigenvalue weighted by Crippen LogP contribution is 2.40. The Labute approximate surface area is 138 Å². The lowest BCUT2D eigenvalue weighted by Gasteiger charge is -2.10. The van der Waals surface area contributed by atoms with Gasteiger partial charge in [-0.3, -0.25) is 4.57 Å². The van der Waals surface area contributed by atoms with E-state index in [0.29, 0.717) is 15.8 Å². The first kappa shape index (κ1) is 14.6. The van der Waals surface area contributed by atoms with E-state index in [1.807, 2.05) is 16.7 Å². The van der Waals surface area contributed by atoms with Crippen LogP contribution >= 0.6 is 28.6 Å². The zero-order chi connectivity index (χ0) is 14.8. The van der Waals surface area contributed by atoms with Gasteiger partial charge in [0.25, 0.3) is 0 Å². The molecule has 1 aromatic rings. The molecule has 108 valence electrons. The fourth-order valence-corrected chi connectivity index (χ4v) is 3.24. The van der Waals surface area contributed by atoms with E-state index in [4.69, 9.17) is 0 Å². The number of rotatable bonds is 2. The van der Waals surface area contributed by atoms with Crippen LogP contribution in [-0.2, 0) is 0 Å². The van der Waals surface area contributed by atoms with E-state index in [1.54, 1.807) is 0 Å². The van der Waals surface area contributed by atoms with Crippen molar-refractivity contribution >= 4 is 34.3 Å². The van der Waals surface area contributed by atoms with Gasteiger partial charge in [-0.25, -0.2) is 0 Å². The Morgan fingerprint density at radius 1 is 1.24 bits per heavy atom. The Hall–Kier alpha value is -1.33. The van der Waals surface area contributed by atoms with Crippen molar-refractivity contribution in [1.29, 1.82) is 0 Å². The van der Waals surface area contributed by atoms with Crippen LogP contribution in [-0.4, -0.2) is 14.8 Å². The Bertz CT molecular complexity index is 671. The maximum Gasteiger partial charge on any atom is 0.205 e. The number of halogens is 1. The van der Waals surface area contributed by atoms with Gasteiger partial charge in [-0.05, 0) is 51.9 Å². The molecule has 21 heavy (non-hydrogen) atoms. The van der Waals surface area contributed by atoms with Crippen LogP contribution < -0.4 is 0 Å². The first-order valence-corrected chi connectivity index (χ1v) is 8.14. The number of aromatic nitrogens is 3. The van der Waals surface area contributed by atoms with Gasteiger partial charge in [0, 0.05) is 12.1 Å². The molecule has 0 N–H and O–H groups in total. The Morgan fingerprint density at radius 2 is 2.05 bits per heavy atom. The summed E-state index contributed by atoms with van der Waals surface area (Å²) >= 11 is 7.80. The van der Waals surface area contributed by atoms with Crippen molar-refractivity contribution in [2.24, 2.45) is 5.92 Å². The summed E-state index contributed by atoms with van der Waals surface area (Å²) in [5, 5.41) is 8.56. The van der Waals surface area contributed by atoms with Gasteiger partial charge in [0.05, 0.1) is 0 Å². The SMILES string of the molecule is C=C1/C=C\C=C/C/C(n2c(S)nnc2Br)=C\C=C/1C1CC1. The smallest absolute Gasteiger partial charge is 0.205 e. The molecule has 0 atom stereocenters. The highest BCUT2D eigenvalue weighted by atomic mass is 79.9. The Morgan fingerprint density at radius 3 is 2.71 bits per heavy atom. The predicted octanol–water partition coefficient (Wildman–Crippen LogP) is 4.58. The van der Waals surface area contributed by atoms with Crippen molar-refractivity contribution in [3.05, 3.63) is 58.9 Å². The standard InChI is InChI=1S/C16H16BrN3S/c1-11-5-3-2-4-6-13(9-10-14(11)12-7-8-12)20-15(17)18-19-16(20)21/h2-5,9-10,12H,1,6-8H2,(H,19,21)/b4-2-,5-3-,13-9+,14-10+. The van der Waals surface area contributed by atoms with Gasteiger partial charge in [0.2, 0.25) is 4.73 Å². The van der Waals surface area contributed by atoms with Crippen molar-refractivity contribution in [3.63, 3.8) is 0 Å². The van der Waals surface area contributed by atoms with Crippen LogP contribution in [0, 0.1) is 5.92 Å². The molecule has 1 saturated carbocycles. The first-order chi connectivity index (χ1) is 10.2. The maximum atomic E-state index is 4.37. The van der Waals surface area contributed by atoms with Gasteiger partial charge in [-0.15, -0.1) is 22.8 Å². The minimum atomic E-state index is 0.578. The molecule has 0 aromatic carbocycles. The molecule has 2 aliphatic carbocycles. The molecule has 1 heterocycles. The van der Waals surface area contributed by atoms with Crippen LogP contribution in [0.25, 0.3) is 5.70 Å². The lowest BCUT2D eigenvalue weighted by atomic mass is 10.0. The number of nitrogens with zero attached hydrogens (tertiary/aromatic N) is 3. The van der Waals surface area contributed by atoms with E-state index >= 15 is 0 Å². The molecule has 1 fully saturated rings. The normalized spacial score (nSPS) is 27.4. The van der Waals surface area contributed by atoms with Gasteiger partial charge in [-0.1, -0.05) is 37.0 Å². The van der Waals surface area contributed by atoms with E-state index in [9.17, 15) is 0 Å². The quantitative estimate of drug-likeness (QED) is 0.781. The Balaban J connectivity index is 2.04. The number of allylic oxidation sites excluding steroid dienone is 9. The summed E-state index contributed by atoms with van der Waals surface area (Å²) in [4.78, 5) is 0. The number of thiol groups is 1. The van der Waals surface area contributed by atoms with E-state index in [0.717, 1.165) is 17.7 Å². The fourth-order valence-electron chi connectivity index (χ4n) is 2.36. The summed E-state index contributed by atoms with van der Waals surface area (Å²) in [5.74, 6) is 0.655. The van der Waals surface area contributed by atoms with E-state index in [1.165, 1.54) is 18.4 Å². The lowest BCUT2D eigenvalue weighted by Crippen LogP contribution is -1.99. The van der Waals surface area contributed by atoms with Crippen LogP contribution in [0.1, 0.15) is 19.3 Å². The van der Waals surface area contributed by atoms with Crippen LogP contribution in [0.2, 0.25) is 0 Å². The molecular weight excluding hydrogens is 346 g/mol. The molecule has 2 aliphatic rings. The first-order valence-electron chi connectivity index (χ1n) is 6.90. The highest BCUT2D eigenvalue weighted by Gasteiger charge is 2.26. The van der Waals surface area contributed by atoms with Crippen LogP contribution in [0.3, 0.4) is 0 Å². The third-order valence-electron chi connectivity index (χ3n) is 3.61. The van der Waals surface area contributed by atoms with Crippen LogP contribution in [0.4, 0.5) is 0 Å². The average molecular weight is 362 g/mol. The van der Waals surface area contributed by atoms with Gasteiger partial charge in [-0.2, -0.15) is 0 Å². The van der Waals surface area contributed by atoms with Crippen molar-refractivity contribution < 1.29 is 0 Å². The van der Waals surface area contributed by atoms with Crippen molar-refractivity contribution in [2.45, 2.75) is 24.4 Å². The van der Waals surface area contributed by atoms with E-state index in [-0.39, 0.29) is 0 Å². The molecule has 0 amide bonds. The lowest BCUT2D eigenvalue weighted by molar-refractivity contribution is 0.880. The molecule has 0 saturated heterocycles. The van der Waals surface area contributed by atoms with Gasteiger partial charge in [0.1, 0.15) is 0 Å². The van der Waals surface area contributed by atoms with E-state index in [2.05, 4.69) is 69.6 Å². The zero-order valence-electron chi connectivity index (χ0n) is 11.5. The molecule has 1 aromatic heterocycles. The summed E-state index contributed by atoms with van der Waals surface area (Å²) in [6, 6.07) is 0. The number of hydrogen-bond donors (Lipinski definition) is 1. The van der Waals surface area contributed by atoms with Gasteiger partial charge < -0.3 is 0 Å². The zero-order valence-corrected chi connectivity index (χ0v) is 14.0. The Kier molecular flexibility index (Phi) is 4.31. The molecule has 0 radical (unpaired) electrons. The summed E-state index contributed by atoms with van der Waals surface area (Å²) < 4.78 is 2.57. The van der Waals surface area contributed by atoms with Crippen molar-refractivity contribution in [1.82, 2.24) is 14.8 Å². The van der Waals surface area contributed by atoms with Crippen LogP contribution in [0.15, 0.2) is 64.1 Å². The molecule has 3 rings (SSSR count). The second-order valence-corrected chi connectivity index (χ2v) is 6.28. The molecule has 0 aliphatic heterocycles.